The molecule has 0 amide bonds. The molecule has 1 saturated carbocycles. The van der Waals surface area contributed by atoms with Crippen LogP contribution in [0.25, 0.3) is 0 Å². The number of rotatable bonds is 3. The van der Waals surface area contributed by atoms with E-state index in [4.69, 9.17) is 0 Å². The molecule has 1 N–H and O–H groups in total. The third kappa shape index (κ3) is 2.12. The van der Waals surface area contributed by atoms with E-state index in [-0.39, 0.29) is 6.10 Å². The van der Waals surface area contributed by atoms with Gasteiger partial charge in [0.25, 0.3) is 0 Å². The van der Waals surface area contributed by atoms with Crippen molar-refractivity contribution in [3.63, 3.8) is 0 Å². The van der Waals surface area contributed by atoms with Gasteiger partial charge >= 0.3 is 0 Å². The standard InChI is InChI=1S/C16H17NO/c18-16-11-15(12-16)17(13-7-3-1-4-8-13)14-9-5-2-6-10-14/h1-10,15-16,18H,11-12H2. The van der Waals surface area contributed by atoms with Gasteiger partial charge < -0.3 is 10.0 Å². The fraction of sp³-hybridized carbons (Fsp3) is 0.250. The van der Waals surface area contributed by atoms with Crippen LogP contribution in [0.5, 0.6) is 0 Å². The number of aliphatic hydroxyl groups excluding tert-OH is 1. The summed E-state index contributed by atoms with van der Waals surface area (Å²) < 4.78 is 0. The van der Waals surface area contributed by atoms with Crippen molar-refractivity contribution >= 4 is 11.4 Å². The topological polar surface area (TPSA) is 23.5 Å². The van der Waals surface area contributed by atoms with Gasteiger partial charge in [0.1, 0.15) is 0 Å². The summed E-state index contributed by atoms with van der Waals surface area (Å²) in [6, 6.07) is 21.2. The number of nitrogens with zero attached hydrogens (tertiary/aromatic N) is 1. The van der Waals surface area contributed by atoms with Gasteiger partial charge in [-0.25, -0.2) is 0 Å². The summed E-state index contributed by atoms with van der Waals surface area (Å²) >= 11 is 0. The van der Waals surface area contributed by atoms with E-state index in [1.54, 1.807) is 0 Å². The molecule has 1 aliphatic carbocycles. The molecule has 0 saturated heterocycles. The van der Waals surface area contributed by atoms with Crippen LogP contribution in [-0.2, 0) is 0 Å². The molecule has 1 aliphatic rings. The number of para-hydroxylation sites is 2. The second-order valence-corrected chi connectivity index (χ2v) is 4.82. The Labute approximate surface area is 107 Å². The number of aliphatic hydroxyl groups is 1. The first-order valence-corrected chi connectivity index (χ1v) is 6.42. The number of anilines is 2. The van der Waals surface area contributed by atoms with Crippen molar-refractivity contribution in [2.75, 3.05) is 4.90 Å². The van der Waals surface area contributed by atoms with Crippen LogP contribution in [0.3, 0.4) is 0 Å². The monoisotopic (exact) mass is 239 g/mol. The summed E-state index contributed by atoms with van der Waals surface area (Å²) in [5.41, 5.74) is 2.39. The van der Waals surface area contributed by atoms with E-state index < -0.39 is 0 Å². The Kier molecular flexibility index (Phi) is 3.03. The molecular formula is C16H17NO. The van der Waals surface area contributed by atoms with E-state index >= 15 is 0 Å². The molecule has 0 bridgehead atoms. The molecule has 2 heteroatoms. The van der Waals surface area contributed by atoms with E-state index in [0.717, 1.165) is 12.8 Å². The van der Waals surface area contributed by atoms with Crippen molar-refractivity contribution in [3.8, 4) is 0 Å². The van der Waals surface area contributed by atoms with Gasteiger partial charge in [-0.2, -0.15) is 0 Å². The lowest BCUT2D eigenvalue weighted by molar-refractivity contribution is 0.0769. The lowest BCUT2D eigenvalue weighted by atomic mass is 9.87. The molecule has 0 spiro atoms. The zero-order valence-corrected chi connectivity index (χ0v) is 10.2. The average molecular weight is 239 g/mol. The molecule has 0 aromatic heterocycles. The van der Waals surface area contributed by atoms with Crippen molar-refractivity contribution in [3.05, 3.63) is 60.7 Å². The lowest BCUT2D eigenvalue weighted by Crippen LogP contribution is -2.45. The van der Waals surface area contributed by atoms with Gasteiger partial charge in [-0.15, -0.1) is 0 Å². The van der Waals surface area contributed by atoms with Crippen LogP contribution in [0.15, 0.2) is 60.7 Å². The Morgan fingerprint density at radius 3 is 1.61 bits per heavy atom. The predicted octanol–water partition coefficient (Wildman–Crippen LogP) is 3.35. The Morgan fingerprint density at radius 2 is 1.22 bits per heavy atom. The normalized spacial score (nSPS) is 22.3. The van der Waals surface area contributed by atoms with Crippen LogP contribution in [0, 0.1) is 0 Å². The largest absolute Gasteiger partial charge is 0.393 e. The zero-order valence-electron chi connectivity index (χ0n) is 10.2. The van der Waals surface area contributed by atoms with Crippen molar-refractivity contribution in [2.24, 2.45) is 0 Å². The van der Waals surface area contributed by atoms with Crippen LogP contribution < -0.4 is 4.90 Å². The minimum Gasteiger partial charge on any atom is -0.393 e. The fourth-order valence-electron chi connectivity index (χ4n) is 2.52. The molecule has 0 radical (unpaired) electrons. The van der Waals surface area contributed by atoms with E-state index in [1.807, 2.05) is 12.1 Å². The highest BCUT2D eigenvalue weighted by Crippen LogP contribution is 2.35. The second kappa shape index (κ2) is 4.83. The van der Waals surface area contributed by atoms with E-state index in [0.29, 0.717) is 6.04 Å². The summed E-state index contributed by atoms with van der Waals surface area (Å²) in [7, 11) is 0. The van der Waals surface area contributed by atoms with E-state index in [1.165, 1.54) is 11.4 Å². The van der Waals surface area contributed by atoms with Gasteiger partial charge in [0.15, 0.2) is 0 Å². The summed E-state index contributed by atoms with van der Waals surface area (Å²) in [6.07, 6.45) is 1.57. The highest BCUT2D eigenvalue weighted by atomic mass is 16.3. The van der Waals surface area contributed by atoms with Gasteiger partial charge in [-0.3, -0.25) is 0 Å². The van der Waals surface area contributed by atoms with Crippen LogP contribution in [0.4, 0.5) is 11.4 Å². The maximum absolute atomic E-state index is 9.53. The van der Waals surface area contributed by atoms with E-state index in [9.17, 15) is 5.11 Å². The smallest absolute Gasteiger partial charge is 0.0579 e. The molecule has 92 valence electrons. The Bertz CT molecular complexity index is 452. The highest BCUT2D eigenvalue weighted by molar-refractivity contribution is 5.64. The lowest BCUT2D eigenvalue weighted by Gasteiger charge is -2.42. The van der Waals surface area contributed by atoms with Crippen LogP contribution in [-0.4, -0.2) is 17.3 Å². The average Bonchev–Trinajstić information content (AvgIpc) is 2.40. The molecule has 1 fully saturated rings. The number of benzene rings is 2. The van der Waals surface area contributed by atoms with Gasteiger partial charge in [-0.1, -0.05) is 36.4 Å². The third-order valence-corrected chi connectivity index (χ3v) is 3.52. The Balaban J connectivity index is 1.94. The zero-order chi connectivity index (χ0) is 12.4. The molecule has 0 heterocycles. The summed E-state index contributed by atoms with van der Waals surface area (Å²) in [4.78, 5) is 2.33. The van der Waals surface area contributed by atoms with Gasteiger partial charge in [0, 0.05) is 17.4 Å². The molecule has 0 unspecified atom stereocenters. The van der Waals surface area contributed by atoms with E-state index in [2.05, 4.69) is 53.4 Å². The van der Waals surface area contributed by atoms with Gasteiger partial charge in [0.2, 0.25) is 0 Å². The van der Waals surface area contributed by atoms with Crippen LogP contribution in [0.1, 0.15) is 12.8 Å². The summed E-state index contributed by atoms with van der Waals surface area (Å²) in [5, 5.41) is 9.53. The molecule has 0 atom stereocenters. The SMILES string of the molecule is OC1CC(N(c2ccccc2)c2ccccc2)C1. The maximum Gasteiger partial charge on any atom is 0.0579 e. The first-order valence-electron chi connectivity index (χ1n) is 6.42. The first-order chi connectivity index (χ1) is 8.84. The molecular weight excluding hydrogens is 222 g/mol. The molecule has 2 aromatic rings. The molecule has 0 aliphatic heterocycles. The Morgan fingerprint density at radius 1 is 0.778 bits per heavy atom. The molecule has 2 aromatic carbocycles. The first kappa shape index (κ1) is 11.3. The van der Waals surface area contributed by atoms with Gasteiger partial charge in [-0.05, 0) is 37.1 Å². The molecule has 18 heavy (non-hydrogen) atoms. The maximum atomic E-state index is 9.53. The van der Waals surface area contributed by atoms with Crippen molar-refractivity contribution in [2.45, 2.75) is 25.0 Å². The fourth-order valence-corrected chi connectivity index (χ4v) is 2.52. The van der Waals surface area contributed by atoms with Crippen LogP contribution >= 0.6 is 0 Å². The Hall–Kier alpha value is -1.80. The van der Waals surface area contributed by atoms with Crippen molar-refractivity contribution in [1.82, 2.24) is 0 Å². The summed E-state index contributed by atoms with van der Waals surface area (Å²) in [5.74, 6) is 0. The molecule has 3 rings (SSSR count). The highest BCUT2D eigenvalue weighted by Gasteiger charge is 2.33. The number of hydrogen-bond donors (Lipinski definition) is 1. The second-order valence-electron chi connectivity index (χ2n) is 4.82. The number of hydrogen-bond acceptors (Lipinski definition) is 2. The minimum absolute atomic E-state index is 0.134. The molecule has 2 nitrogen and oxygen atoms in total. The van der Waals surface area contributed by atoms with Gasteiger partial charge in [0.05, 0.1) is 6.10 Å². The van der Waals surface area contributed by atoms with Crippen molar-refractivity contribution in [1.29, 1.82) is 0 Å². The van der Waals surface area contributed by atoms with Crippen molar-refractivity contribution < 1.29 is 5.11 Å². The minimum atomic E-state index is -0.134. The van der Waals surface area contributed by atoms with Crippen LogP contribution in [0.2, 0.25) is 0 Å². The predicted molar refractivity (Wildman–Crippen MR) is 74.1 cm³/mol. The summed E-state index contributed by atoms with van der Waals surface area (Å²) in [6.45, 7) is 0. The third-order valence-electron chi connectivity index (χ3n) is 3.52. The quantitative estimate of drug-likeness (QED) is 0.888.